The van der Waals surface area contributed by atoms with E-state index in [0.29, 0.717) is 12.6 Å². The lowest BCUT2D eigenvalue weighted by Gasteiger charge is -2.28. The van der Waals surface area contributed by atoms with Crippen LogP contribution in [0.2, 0.25) is 0 Å². The van der Waals surface area contributed by atoms with Crippen LogP contribution in [0.15, 0.2) is 4.99 Å². The molecule has 1 heterocycles. The van der Waals surface area contributed by atoms with Gasteiger partial charge in [0.2, 0.25) is 10.0 Å². The smallest absolute Gasteiger partial charge is 0.213 e. The Labute approximate surface area is 181 Å². The molecule has 9 heteroatoms. The van der Waals surface area contributed by atoms with E-state index in [-0.39, 0.29) is 42.4 Å². The van der Waals surface area contributed by atoms with Gasteiger partial charge in [-0.3, -0.25) is 4.99 Å². The number of aliphatic imine (C=N–C) groups is 1. The minimum Gasteiger partial charge on any atom is -0.377 e. The third-order valence-electron chi connectivity index (χ3n) is 5.06. The summed E-state index contributed by atoms with van der Waals surface area (Å²) in [5, 5.41) is 6.68. The first-order valence-corrected chi connectivity index (χ1v) is 11.8. The quantitative estimate of drug-likeness (QED) is 0.262. The van der Waals surface area contributed by atoms with Crippen LogP contribution in [0.25, 0.3) is 0 Å². The molecule has 0 aromatic rings. The Hall–Kier alpha value is -0.130. The van der Waals surface area contributed by atoms with Crippen molar-refractivity contribution in [2.45, 2.75) is 70.9 Å². The van der Waals surface area contributed by atoms with Crippen molar-refractivity contribution in [3.63, 3.8) is 0 Å². The molecule has 2 fully saturated rings. The van der Waals surface area contributed by atoms with E-state index in [4.69, 9.17) is 4.74 Å². The maximum Gasteiger partial charge on any atom is 0.213 e. The van der Waals surface area contributed by atoms with Crippen molar-refractivity contribution < 1.29 is 13.2 Å². The molecule has 0 aromatic heterocycles. The monoisotopic (exact) mass is 516 g/mol. The van der Waals surface area contributed by atoms with Gasteiger partial charge in [-0.1, -0.05) is 19.8 Å². The predicted octanol–water partition coefficient (Wildman–Crippen LogP) is 2.23. The molecule has 0 aromatic carbocycles. The highest BCUT2D eigenvalue weighted by atomic mass is 127. The van der Waals surface area contributed by atoms with Gasteiger partial charge in [-0.15, -0.1) is 24.0 Å². The van der Waals surface area contributed by atoms with Crippen LogP contribution in [0, 0.1) is 5.92 Å². The molecular formula is C18H37IN4O3S. The van der Waals surface area contributed by atoms with Crippen LogP contribution in [0.3, 0.4) is 0 Å². The van der Waals surface area contributed by atoms with E-state index in [2.05, 4.69) is 27.3 Å². The fourth-order valence-corrected chi connectivity index (χ4v) is 4.53. The second-order valence-corrected chi connectivity index (χ2v) is 9.46. The Bertz CT molecular complexity index is 539. The second-order valence-electron chi connectivity index (χ2n) is 7.53. The number of guanidine groups is 1. The Kier molecular flexibility index (Phi) is 12.1. The summed E-state index contributed by atoms with van der Waals surface area (Å²) in [6, 6.07) is 0.426. The van der Waals surface area contributed by atoms with Gasteiger partial charge >= 0.3 is 0 Å². The number of halogens is 1. The van der Waals surface area contributed by atoms with Crippen LogP contribution >= 0.6 is 24.0 Å². The molecule has 27 heavy (non-hydrogen) atoms. The Balaban J connectivity index is 0.00000364. The maximum atomic E-state index is 12.2. The molecule has 3 unspecified atom stereocenters. The lowest BCUT2D eigenvalue weighted by molar-refractivity contribution is 0.0200. The van der Waals surface area contributed by atoms with Gasteiger partial charge in [-0.2, -0.15) is 0 Å². The first-order valence-electron chi connectivity index (χ1n) is 10.1. The van der Waals surface area contributed by atoms with Crippen molar-refractivity contribution in [3.05, 3.63) is 0 Å². The van der Waals surface area contributed by atoms with E-state index in [1.807, 2.05) is 6.92 Å². The average Bonchev–Trinajstić information content (AvgIpc) is 2.61. The molecule has 1 saturated heterocycles. The Morgan fingerprint density at radius 2 is 2.00 bits per heavy atom. The fraction of sp³-hybridized carbons (Fsp3) is 0.944. The van der Waals surface area contributed by atoms with Crippen LogP contribution in [-0.2, 0) is 14.8 Å². The van der Waals surface area contributed by atoms with Gasteiger partial charge in [0, 0.05) is 25.7 Å². The molecule has 3 N–H and O–H groups in total. The van der Waals surface area contributed by atoms with Crippen molar-refractivity contribution >= 4 is 40.0 Å². The highest BCUT2D eigenvalue weighted by Gasteiger charge is 2.20. The Morgan fingerprint density at radius 3 is 2.67 bits per heavy atom. The summed E-state index contributed by atoms with van der Waals surface area (Å²) in [5.74, 6) is 1.45. The highest BCUT2D eigenvalue weighted by molar-refractivity contribution is 14.0. The minimum atomic E-state index is -3.33. The summed E-state index contributed by atoms with van der Waals surface area (Å²) < 4.78 is 32.6. The highest BCUT2D eigenvalue weighted by Crippen LogP contribution is 2.23. The number of hydrogen-bond donors (Lipinski definition) is 3. The van der Waals surface area contributed by atoms with Crippen molar-refractivity contribution in [1.82, 2.24) is 15.4 Å². The van der Waals surface area contributed by atoms with Crippen LogP contribution in [0.1, 0.15) is 58.8 Å². The molecule has 0 amide bonds. The lowest BCUT2D eigenvalue weighted by Crippen LogP contribution is -2.45. The van der Waals surface area contributed by atoms with Crippen molar-refractivity contribution in [2.24, 2.45) is 10.9 Å². The van der Waals surface area contributed by atoms with Crippen LogP contribution < -0.4 is 15.4 Å². The SMILES string of the molecule is CCNC(=NCCS(=O)(=O)NCC1CCCCO1)NC1CCCC(C)C1.I. The first kappa shape index (κ1) is 24.9. The van der Waals surface area contributed by atoms with Gasteiger partial charge in [0.15, 0.2) is 5.96 Å². The van der Waals surface area contributed by atoms with E-state index >= 15 is 0 Å². The van der Waals surface area contributed by atoms with Gasteiger partial charge in [0.25, 0.3) is 0 Å². The third-order valence-corrected chi connectivity index (χ3v) is 6.38. The molecule has 0 spiro atoms. The van der Waals surface area contributed by atoms with Crippen molar-refractivity contribution in [3.8, 4) is 0 Å². The van der Waals surface area contributed by atoms with E-state index in [1.165, 1.54) is 12.8 Å². The van der Waals surface area contributed by atoms with Crippen LogP contribution in [0.4, 0.5) is 0 Å². The van der Waals surface area contributed by atoms with E-state index < -0.39 is 10.0 Å². The largest absolute Gasteiger partial charge is 0.377 e. The second kappa shape index (κ2) is 13.2. The fourth-order valence-electron chi connectivity index (χ4n) is 3.62. The summed E-state index contributed by atoms with van der Waals surface area (Å²) >= 11 is 0. The predicted molar refractivity (Wildman–Crippen MR) is 121 cm³/mol. The van der Waals surface area contributed by atoms with Gasteiger partial charge in [0.05, 0.1) is 18.4 Å². The Morgan fingerprint density at radius 1 is 1.19 bits per heavy atom. The average molecular weight is 516 g/mol. The topological polar surface area (TPSA) is 91.8 Å². The molecular weight excluding hydrogens is 479 g/mol. The van der Waals surface area contributed by atoms with Gasteiger partial charge < -0.3 is 15.4 Å². The summed E-state index contributed by atoms with van der Waals surface area (Å²) in [6.07, 6.45) is 7.93. The van der Waals surface area contributed by atoms with Gasteiger partial charge in [-0.25, -0.2) is 13.1 Å². The number of rotatable bonds is 8. The molecule has 1 saturated carbocycles. The molecule has 0 radical (unpaired) electrons. The molecule has 7 nitrogen and oxygen atoms in total. The maximum absolute atomic E-state index is 12.2. The molecule has 2 rings (SSSR count). The van der Waals surface area contributed by atoms with E-state index in [0.717, 1.165) is 57.1 Å². The number of nitrogens with zero attached hydrogens (tertiary/aromatic N) is 1. The number of ether oxygens (including phenoxy) is 1. The molecule has 0 bridgehead atoms. The normalized spacial score (nSPS) is 26.9. The zero-order valence-corrected chi connectivity index (χ0v) is 19.9. The van der Waals surface area contributed by atoms with Gasteiger partial charge in [0.1, 0.15) is 0 Å². The zero-order valence-electron chi connectivity index (χ0n) is 16.7. The molecule has 160 valence electrons. The summed E-state index contributed by atoms with van der Waals surface area (Å²) in [4.78, 5) is 4.46. The summed E-state index contributed by atoms with van der Waals surface area (Å²) in [6.45, 7) is 6.41. The molecule has 1 aliphatic carbocycles. The third kappa shape index (κ3) is 10.3. The van der Waals surface area contributed by atoms with Crippen LogP contribution in [-0.4, -0.2) is 58.5 Å². The summed E-state index contributed by atoms with van der Waals surface area (Å²) in [5.41, 5.74) is 0. The number of hydrogen-bond acceptors (Lipinski definition) is 4. The van der Waals surface area contributed by atoms with Crippen molar-refractivity contribution in [1.29, 1.82) is 0 Å². The lowest BCUT2D eigenvalue weighted by atomic mass is 9.87. The standard InChI is InChI=1S/C18H36N4O3S.HI/c1-3-19-18(22-16-8-6-7-15(2)13-16)20-10-12-26(23,24)21-14-17-9-4-5-11-25-17;/h15-17,21H,3-14H2,1-2H3,(H2,19,20,22);1H. The number of nitrogens with one attached hydrogen (secondary N) is 3. The first-order chi connectivity index (χ1) is 12.5. The molecule has 1 aliphatic heterocycles. The van der Waals surface area contributed by atoms with Gasteiger partial charge in [-0.05, 0) is 44.9 Å². The number of sulfonamides is 1. The molecule has 3 atom stereocenters. The summed E-state index contributed by atoms with van der Waals surface area (Å²) in [7, 11) is -3.33. The minimum absolute atomic E-state index is 0. The zero-order chi connectivity index (χ0) is 18.8. The van der Waals surface area contributed by atoms with Crippen molar-refractivity contribution in [2.75, 3.05) is 32.0 Å². The molecule has 2 aliphatic rings. The van der Waals surface area contributed by atoms with E-state index in [1.54, 1.807) is 0 Å². The van der Waals surface area contributed by atoms with Crippen LogP contribution in [0.5, 0.6) is 0 Å². The van der Waals surface area contributed by atoms with E-state index in [9.17, 15) is 8.42 Å².